The topological polar surface area (TPSA) is 55.1 Å². The number of hydrogen-bond acceptors (Lipinski definition) is 2. The minimum atomic E-state index is -0.166. The molecule has 0 aliphatic carbocycles. The van der Waals surface area contributed by atoms with E-state index < -0.39 is 0 Å². The van der Waals surface area contributed by atoms with Gasteiger partial charge in [-0.05, 0) is 65.5 Å². The van der Waals surface area contributed by atoms with Crippen LogP contribution in [-0.4, -0.2) is 5.91 Å². The van der Waals surface area contributed by atoms with E-state index in [1.807, 2.05) is 45.0 Å². The first kappa shape index (κ1) is 14.6. The van der Waals surface area contributed by atoms with Crippen LogP contribution in [0.4, 0.5) is 11.4 Å². The van der Waals surface area contributed by atoms with Crippen LogP contribution in [0.3, 0.4) is 0 Å². The molecule has 2 rings (SSSR count). The van der Waals surface area contributed by atoms with Gasteiger partial charge in [0.15, 0.2) is 0 Å². The summed E-state index contributed by atoms with van der Waals surface area (Å²) in [6, 6.07) is 9.36. The smallest absolute Gasteiger partial charge is 0.256 e. The summed E-state index contributed by atoms with van der Waals surface area (Å²) in [5.41, 5.74) is 10.9. The van der Waals surface area contributed by atoms with Crippen molar-refractivity contribution in [2.24, 2.45) is 0 Å². The maximum Gasteiger partial charge on any atom is 0.256 e. The van der Waals surface area contributed by atoms with E-state index in [2.05, 4.69) is 21.2 Å². The Balaban J connectivity index is 2.38. The monoisotopic (exact) mass is 332 g/mol. The molecule has 0 aliphatic heterocycles. The summed E-state index contributed by atoms with van der Waals surface area (Å²) in [4.78, 5) is 12.4. The molecule has 0 aliphatic rings. The number of aryl methyl sites for hydroxylation is 2. The Morgan fingerprint density at radius 1 is 1.10 bits per heavy atom. The number of nitrogens with two attached hydrogens (primary N) is 1. The molecule has 20 heavy (non-hydrogen) atoms. The molecule has 1 amide bonds. The average Bonchev–Trinajstić information content (AvgIpc) is 2.42. The normalized spacial score (nSPS) is 10.4. The molecule has 3 N–H and O–H groups in total. The van der Waals surface area contributed by atoms with Gasteiger partial charge in [0.1, 0.15) is 0 Å². The second-order valence-corrected chi connectivity index (χ2v) is 5.66. The molecule has 3 nitrogen and oxygen atoms in total. The van der Waals surface area contributed by atoms with Gasteiger partial charge in [0, 0.05) is 4.47 Å². The Kier molecular flexibility index (Phi) is 4.14. The Morgan fingerprint density at radius 3 is 2.50 bits per heavy atom. The van der Waals surface area contributed by atoms with Crippen molar-refractivity contribution in [2.45, 2.75) is 20.8 Å². The van der Waals surface area contributed by atoms with Crippen molar-refractivity contribution in [1.82, 2.24) is 0 Å². The fraction of sp³-hybridized carbons (Fsp3) is 0.188. The SMILES string of the molecule is Cc1ccc(N)c(NC(=O)c2cccc(C)c2Br)c1C. The lowest BCUT2D eigenvalue weighted by atomic mass is 10.1. The van der Waals surface area contributed by atoms with E-state index in [4.69, 9.17) is 5.73 Å². The molecule has 0 fully saturated rings. The van der Waals surface area contributed by atoms with Crippen molar-refractivity contribution in [2.75, 3.05) is 11.1 Å². The summed E-state index contributed by atoms with van der Waals surface area (Å²) in [6.07, 6.45) is 0. The van der Waals surface area contributed by atoms with Crippen LogP contribution in [0.1, 0.15) is 27.0 Å². The molecule has 0 saturated carbocycles. The van der Waals surface area contributed by atoms with Gasteiger partial charge in [-0.1, -0.05) is 18.2 Å². The van der Waals surface area contributed by atoms with Gasteiger partial charge in [0.25, 0.3) is 5.91 Å². The van der Waals surface area contributed by atoms with Gasteiger partial charge in [0.2, 0.25) is 0 Å². The molecule has 0 atom stereocenters. The van der Waals surface area contributed by atoms with Crippen LogP contribution in [0.5, 0.6) is 0 Å². The first-order valence-corrected chi connectivity index (χ1v) is 7.13. The molecule has 0 radical (unpaired) electrons. The average molecular weight is 333 g/mol. The number of nitrogens with one attached hydrogen (secondary N) is 1. The number of rotatable bonds is 2. The van der Waals surface area contributed by atoms with E-state index in [-0.39, 0.29) is 5.91 Å². The fourth-order valence-electron chi connectivity index (χ4n) is 2.01. The Bertz CT molecular complexity index is 680. The standard InChI is InChI=1S/C16H17BrN2O/c1-9-7-8-13(18)15(11(9)3)19-16(20)12-6-4-5-10(2)14(12)17/h4-8H,18H2,1-3H3,(H,19,20). The highest BCUT2D eigenvalue weighted by Gasteiger charge is 2.14. The summed E-state index contributed by atoms with van der Waals surface area (Å²) < 4.78 is 0.807. The largest absolute Gasteiger partial charge is 0.397 e. The molecular weight excluding hydrogens is 316 g/mol. The third-order valence-corrected chi connectivity index (χ3v) is 4.50. The molecule has 0 heterocycles. The highest BCUT2D eigenvalue weighted by Crippen LogP contribution is 2.28. The number of anilines is 2. The molecule has 0 saturated heterocycles. The van der Waals surface area contributed by atoms with E-state index in [9.17, 15) is 4.79 Å². The van der Waals surface area contributed by atoms with Crippen LogP contribution in [0.25, 0.3) is 0 Å². The molecular formula is C16H17BrN2O. The minimum Gasteiger partial charge on any atom is -0.397 e. The lowest BCUT2D eigenvalue weighted by Gasteiger charge is -2.14. The lowest BCUT2D eigenvalue weighted by molar-refractivity contribution is 0.102. The van der Waals surface area contributed by atoms with Crippen molar-refractivity contribution in [3.05, 3.63) is 57.1 Å². The van der Waals surface area contributed by atoms with Gasteiger partial charge in [-0.15, -0.1) is 0 Å². The third kappa shape index (κ3) is 2.70. The maximum atomic E-state index is 12.4. The van der Waals surface area contributed by atoms with E-state index in [0.29, 0.717) is 16.9 Å². The van der Waals surface area contributed by atoms with E-state index >= 15 is 0 Å². The van der Waals surface area contributed by atoms with E-state index in [0.717, 1.165) is 21.2 Å². The molecule has 0 unspecified atom stereocenters. The summed E-state index contributed by atoms with van der Waals surface area (Å²) >= 11 is 3.45. The molecule has 4 heteroatoms. The first-order chi connectivity index (χ1) is 9.41. The fourth-order valence-corrected chi connectivity index (χ4v) is 2.45. The lowest BCUT2D eigenvalue weighted by Crippen LogP contribution is -2.15. The van der Waals surface area contributed by atoms with Gasteiger partial charge in [0.05, 0.1) is 16.9 Å². The predicted molar refractivity (Wildman–Crippen MR) is 87.2 cm³/mol. The number of carbonyl (C=O) groups is 1. The first-order valence-electron chi connectivity index (χ1n) is 6.34. The summed E-state index contributed by atoms with van der Waals surface area (Å²) in [5.74, 6) is -0.166. The van der Waals surface area contributed by atoms with Crippen LogP contribution >= 0.6 is 15.9 Å². The van der Waals surface area contributed by atoms with Crippen molar-refractivity contribution >= 4 is 33.2 Å². The predicted octanol–water partition coefficient (Wildman–Crippen LogP) is 4.21. The Hall–Kier alpha value is -1.81. The van der Waals surface area contributed by atoms with Crippen molar-refractivity contribution in [3.8, 4) is 0 Å². The van der Waals surface area contributed by atoms with Gasteiger partial charge in [-0.3, -0.25) is 4.79 Å². The highest BCUT2D eigenvalue weighted by atomic mass is 79.9. The number of nitrogen functional groups attached to an aromatic ring is 1. The maximum absolute atomic E-state index is 12.4. The van der Waals surface area contributed by atoms with Crippen LogP contribution < -0.4 is 11.1 Å². The molecule has 2 aromatic rings. The third-order valence-electron chi connectivity index (χ3n) is 3.44. The summed E-state index contributed by atoms with van der Waals surface area (Å²) in [7, 11) is 0. The molecule has 0 spiro atoms. The molecule has 2 aromatic carbocycles. The number of hydrogen-bond donors (Lipinski definition) is 2. The number of halogens is 1. The second-order valence-electron chi connectivity index (χ2n) is 4.86. The highest BCUT2D eigenvalue weighted by molar-refractivity contribution is 9.10. The van der Waals surface area contributed by atoms with Crippen LogP contribution in [0.15, 0.2) is 34.8 Å². The second kappa shape index (κ2) is 5.67. The van der Waals surface area contributed by atoms with Gasteiger partial charge in [-0.2, -0.15) is 0 Å². The van der Waals surface area contributed by atoms with E-state index in [1.165, 1.54) is 0 Å². The quantitative estimate of drug-likeness (QED) is 0.809. The van der Waals surface area contributed by atoms with Gasteiger partial charge < -0.3 is 11.1 Å². The molecule has 0 bridgehead atoms. The van der Waals surface area contributed by atoms with Gasteiger partial charge in [-0.25, -0.2) is 0 Å². The summed E-state index contributed by atoms with van der Waals surface area (Å²) in [5, 5.41) is 2.91. The van der Waals surface area contributed by atoms with Crippen molar-refractivity contribution in [3.63, 3.8) is 0 Å². The Labute approximate surface area is 127 Å². The van der Waals surface area contributed by atoms with Crippen molar-refractivity contribution in [1.29, 1.82) is 0 Å². The molecule has 0 aromatic heterocycles. The van der Waals surface area contributed by atoms with E-state index in [1.54, 1.807) is 6.07 Å². The zero-order valence-electron chi connectivity index (χ0n) is 11.8. The van der Waals surface area contributed by atoms with Crippen LogP contribution in [0.2, 0.25) is 0 Å². The summed E-state index contributed by atoms with van der Waals surface area (Å²) in [6.45, 7) is 5.90. The zero-order chi connectivity index (χ0) is 14.9. The zero-order valence-corrected chi connectivity index (χ0v) is 13.3. The van der Waals surface area contributed by atoms with Gasteiger partial charge >= 0.3 is 0 Å². The Morgan fingerprint density at radius 2 is 1.80 bits per heavy atom. The van der Waals surface area contributed by atoms with Crippen LogP contribution in [0, 0.1) is 20.8 Å². The van der Waals surface area contributed by atoms with Crippen molar-refractivity contribution < 1.29 is 4.79 Å². The molecule has 104 valence electrons. The number of carbonyl (C=O) groups excluding carboxylic acids is 1. The minimum absolute atomic E-state index is 0.166. The van der Waals surface area contributed by atoms with Crippen LogP contribution in [-0.2, 0) is 0 Å². The number of benzene rings is 2. The number of amides is 1.